The summed E-state index contributed by atoms with van der Waals surface area (Å²) in [6.07, 6.45) is -10.8. The van der Waals surface area contributed by atoms with Crippen molar-refractivity contribution in [2.24, 2.45) is 0 Å². The van der Waals surface area contributed by atoms with E-state index in [2.05, 4.69) is 4.18 Å². The van der Waals surface area contributed by atoms with Crippen molar-refractivity contribution in [3.8, 4) is 0 Å². The molecule has 0 amide bonds. The van der Waals surface area contributed by atoms with Gasteiger partial charge in [0.05, 0.1) is 11.5 Å². The van der Waals surface area contributed by atoms with Crippen LogP contribution in [0.2, 0.25) is 0 Å². The van der Waals surface area contributed by atoms with Crippen LogP contribution in [0.1, 0.15) is 6.42 Å². The second-order valence-corrected chi connectivity index (χ2v) is 8.60. The molecule has 1 rings (SSSR count). The van der Waals surface area contributed by atoms with Gasteiger partial charge in [-0.15, -0.1) is 0 Å². The lowest BCUT2D eigenvalue weighted by Crippen LogP contribution is -2.74. The first kappa shape index (κ1) is 33.0. The summed E-state index contributed by atoms with van der Waals surface area (Å²) in [5, 5.41) is 0. The standard InChI is InChI=1S/C16H9F17O3S/c17-9(18,6-7-36-37(34,35)8-4-2-1-3-5-8)10(19,20)11(21,22)12(23,24)13(25,26)14(27,28)15(29,30)16(31,32)33/h1-5H,6-7H2. The predicted molar refractivity (Wildman–Crippen MR) is 84.9 cm³/mol. The molecule has 1 aromatic rings. The summed E-state index contributed by atoms with van der Waals surface area (Å²) in [6, 6.07) is 4.70. The molecule has 0 saturated heterocycles. The van der Waals surface area contributed by atoms with Gasteiger partial charge in [0.15, 0.2) is 0 Å². The SMILES string of the molecule is O=S(=O)(OCCC(F)(F)C(F)(F)C(F)(F)C(F)(F)C(F)(F)C(F)(F)C(F)(F)C(F)(F)F)c1ccccc1. The minimum absolute atomic E-state index is 0.732. The molecular weight excluding hydrogens is 595 g/mol. The number of hydrogen-bond donors (Lipinski definition) is 0. The van der Waals surface area contributed by atoms with E-state index in [1.807, 2.05) is 0 Å². The van der Waals surface area contributed by atoms with Gasteiger partial charge in [-0.2, -0.15) is 83.1 Å². The highest BCUT2D eigenvalue weighted by Crippen LogP contribution is 2.64. The van der Waals surface area contributed by atoms with Gasteiger partial charge >= 0.3 is 47.6 Å². The van der Waals surface area contributed by atoms with Crippen LogP contribution in [0.3, 0.4) is 0 Å². The fourth-order valence-corrected chi connectivity index (χ4v) is 3.22. The number of rotatable bonds is 11. The molecule has 0 unspecified atom stereocenters. The third kappa shape index (κ3) is 5.03. The van der Waals surface area contributed by atoms with Crippen molar-refractivity contribution in [3.05, 3.63) is 30.3 Å². The fraction of sp³-hybridized carbons (Fsp3) is 0.625. The molecule has 0 bridgehead atoms. The molecule has 0 aliphatic heterocycles. The molecule has 3 nitrogen and oxygen atoms in total. The van der Waals surface area contributed by atoms with E-state index in [1.54, 1.807) is 0 Å². The highest BCUT2D eigenvalue weighted by Gasteiger charge is 2.95. The van der Waals surface area contributed by atoms with E-state index < -0.39 is 75.7 Å². The van der Waals surface area contributed by atoms with Gasteiger partial charge in [0, 0.05) is 6.42 Å². The second kappa shape index (κ2) is 9.30. The molecule has 0 fully saturated rings. The molecule has 0 aliphatic carbocycles. The van der Waals surface area contributed by atoms with Gasteiger partial charge in [0.2, 0.25) is 0 Å². The first-order valence-electron chi connectivity index (χ1n) is 8.72. The minimum Gasteiger partial charge on any atom is -0.266 e. The lowest BCUT2D eigenvalue weighted by molar-refractivity contribution is -0.461. The van der Waals surface area contributed by atoms with E-state index >= 15 is 0 Å². The van der Waals surface area contributed by atoms with Crippen LogP contribution in [0.15, 0.2) is 35.2 Å². The number of halogens is 17. The molecule has 0 spiro atoms. The Bertz CT molecular complexity index is 1050. The van der Waals surface area contributed by atoms with E-state index in [4.69, 9.17) is 0 Å². The highest BCUT2D eigenvalue weighted by atomic mass is 32.2. The molecule has 37 heavy (non-hydrogen) atoms. The maximum absolute atomic E-state index is 13.7. The lowest BCUT2D eigenvalue weighted by atomic mass is 9.88. The van der Waals surface area contributed by atoms with Crippen LogP contribution in [0.25, 0.3) is 0 Å². The molecule has 0 atom stereocenters. The molecule has 0 aliphatic rings. The third-order valence-electron chi connectivity index (χ3n) is 4.47. The monoisotopic (exact) mass is 604 g/mol. The van der Waals surface area contributed by atoms with Crippen molar-refractivity contribution in [1.82, 2.24) is 0 Å². The van der Waals surface area contributed by atoms with Crippen LogP contribution in [0.5, 0.6) is 0 Å². The Morgan fingerprint density at radius 1 is 0.541 bits per heavy atom. The number of benzene rings is 1. The molecule has 0 radical (unpaired) electrons. The Balaban J connectivity index is 3.36. The summed E-state index contributed by atoms with van der Waals surface area (Å²) in [5.41, 5.74) is 0. The molecule has 0 aromatic heterocycles. The zero-order chi connectivity index (χ0) is 29.7. The zero-order valence-electron chi connectivity index (χ0n) is 16.9. The minimum atomic E-state index is -8.73. The summed E-state index contributed by atoms with van der Waals surface area (Å²) in [6.45, 7) is -2.25. The maximum atomic E-state index is 13.7. The first-order chi connectivity index (χ1) is 16.1. The quantitative estimate of drug-likeness (QED) is 0.207. The van der Waals surface area contributed by atoms with Crippen molar-refractivity contribution < 1.29 is 87.2 Å². The fourth-order valence-electron chi connectivity index (χ4n) is 2.29. The van der Waals surface area contributed by atoms with E-state index in [-0.39, 0.29) is 0 Å². The van der Waals surface area contributed by atoms with E-state index in [1.165, 1.54) is 6.07 Å². The van der Waals surface area contributed by atoms with E-state index in [0.29, 0.717) is 0 Å². The van der Waals surface area contributed by atoms with Crippen molar-refractivity contribution in [1.29, 1.82) is 0 Å². The van der Waals surface area contributed by atoms with Gasteiger partial charge in [-0.25, -0.2) is 0 Å². The maximum Gasteiger partial charge on any atom is 0.460 e. The highest BCUT2D eigenvalue weighted by molar-refractivity contribution is 7.86. The average Bonchev–Trinajstić information content (AvgIpc) is 2.72. The Morgan fingerprint density at radius 2 is 0.892 bits per heavy atom. The summed E-state index contributed by atoms with van der Waals surface area (Å²) in [7, 11) is -5.09. The summed E-state index contributed by atoms with van der Waals surface area (Å²) in [5.74, 6) is -57.3. The molecule has 21 heteroatoms. The van der Waals surface area contributed by atoms with Gasteiger partial charge < -0.3 is 0 Å². The summed E-state index contributed by atoms with van der Waals surface area (Å²) < 4.78 is 251. The van der Waals surface area contributed by atoms with Crippen LogP contribution in [-0.2, 0) is 14.3 Å². The average molecular weight is 604 g/mol. The van der Waals surface area contributed by atoms with Crippen molar-refractivity contribution >= 4 is 10.1 Å². The second-order valence-electron chi connectivity index (χ2n) is 6.99. The van der Waals surface area contributed by atoms with Crippen molar-refractivity contribution in [2.75, 3.05) is 6.61 Å². The zero-order valence-corrected chi connectivity index (χ0v) is 17.7. The third-order valence-corrected chi connectivity index (χ3v) is 5.80. The smallest absolute Gasteiger partial charge is 0.266 e. The summed E-state index contributed by atoms with van der Waals surface area (Å²) >= 11 is 0. The Hall–Kier alpha value is -2.06. The number of hydrogen-bond acceptors (Lipinski definition) is 3. The first-order valence-corrected chi connectivity index (χ1v) is 10.1. The molecule has 0 N–H and O–H groups in total. The van der Waals surface area contributed by atoms with Gasteiger partial charge in [-0.1, -0.05) is 18.2 Å². The number of alkyl halides is 17. The molecular formula is C16H9F17O3S. The van der Waals surface area contributed by atoms with Crippen molar-refractivity contribution in [3.63, 3.8) is 0 Å². The summed E-state index contributed by atoms with van der Waals surface area (Å²) in [4.78, 5) is -0.839. The van der Waals surface area contributed by atoms with Gasteiger partial charge in [0.25, 0.3) is 10.1 Å². The van der Waals surface area contributed by atoms with Crippen LogP contribution >= 0.6 is 0 Å². The van der Waals surface area contributed by atoms with E-state index in [9.17, 15) is 83.1 Å². The van der Waals surface area contributed by atoms with Crippen LogP contribution in [0.4, 0.5) is 74.6 Å². The van der Waals surface area contributed by atoms with Crippen LogP contribution < -0.4 is 0 Å². The van der Waals surface area contributed by atoms with Gasteiger partial charge in [-0.05, 0) is 12.1 Å². The van der Waals surface area contributed by atoms with Gasteiger partial charge in [0.1, 0.15) is 0 Å². The molecule has 1 aromatic carbocycles. The largest absolute Gasteiger partial charge is 0.460 e. The van der Waals surface area contributed by atoms with E-state index in [0.717, 1.165) is 24.3 Å². The van der Waals surface area contributed by atoms with Crippen LogP contribution in [0, 0.1) is 0 Å². The molecule has 216 valence electrons. The van der Waals surface area contributed by atoms with Crippen LogP contribution in [-0.4, -0.2) is 62.7 Å². The molecule has 0 saturated carbocycles. The molecule has 0 heterocycles. The topological polar surface area (TPSA) is 43.4 Å². The lowest BCUT2D eigenvalue weighted by Gasteiger charge is -2.42. The normalized spacial score (nSPS) is 15.7. The Labute approximate surface area is 194 Å². The van der Waals surface area contributed by atoms with Gasteiger partial charge in [-0.3, -0.25) is 4.18 Å². The predicted octanol–water partition coefficient (Wildman–Crippen LogP) is 6.79. The Morgan fingerprint density at radius 3 is 1.27 bits per heavy atom. The Kier molecular flexibility index (Phi) is 8.28. The van der Waals surface area contributed by atoms with Crippen molar-refractivity contribution in [2.45, 2.75) is 59.0 Å².